The summed E-state index contributed by atoms with van der Waals surface area (Å²) in [5.41, 5.74) is 5.45. The van der Waals surface area contributed by atoms with Crippen molar-refractivity contribution in [1.29, 1.82) is 0 Å². The number of hydrogen-bond acceptors (Lipinski definition) is 2. The van der Waals surface area contributed by atoms with E-state index in [-0.39, 0.29) is 12.1 Å². The zero-order chi connectivity index (χ0) is 24.8. The van der Waals surface area contributed by atoms with Crippen LogP contribution in [0, 0.1) is 0 Å². The highest BCUT2D eigenvalue weighted by Gasteiger charge is 2.21. The fourth-order valence-corrected chi connectivity index (χ4v) is 3.77. The van der Waals surface area contributed by atoms with Crippen LogP contribution in [-0.2, 0) is 12.8 Å². The topological polar surface area (TPSA) is 47.1 Å². The summed E-state index contributed by atoms with van der Waals surface area (Å²) in [5, 5.41) is 0. The van der Waals surface area contributed by atoms with E-state index in [0.717, 1.165) is 24.2 Å². The van der Waals surface area contributed by atoms with Crippen LogP contribution in [0.5, 0.6) is 0 Å². The summed E-state index contributed by atoms with van der Waals surface area (Å²) in [6.45, 7) is 4.18. The van der Waals surface area contributed by atoms with Crippen LogP contribution < -0.4 is 19.6 Å². The monoisotopic (exact) mass is 458 g/mol. The van der Waals surface area contributed by atoms with Gasteiger partial charge in [0.25, 0.3) is 0 Å². The lowest BCUT2D eigenvalue weighted by atomic mass is 10.1. The third-order valence-corrected chi connectivity index (χ3v) is 6.16. The first-order valence-corrected chi connectivity index (χ1v) is 11.6. The number of nitrogens with zero attached hydrogens (tertiary/aromatic N) is 4. The summed E-state index contributed by atoms with van der Waals surface area (Å²) < 4.78 is 0. The molecule has 6 nitrogen and oxygen atoms in total. The van der Waals surface area contributed by atoms with Crippen molar-refractivity contribution in [3.8, 4) is 0 Å². The molecule has 178 valence electrons. The third-order valence-electron chi connectivity index (χ3n) is 6.16. The molecule has 3 aromatic carbocycles. The molecule has 0 N–H and O–H groups in total. The summed E-state index contributed by atoms with van der Waals surface area (Å²) in [6, 6.07) is 23.1. The zero-order valence-corrected chi connectivity index (χ0v) is 20.9. The number of hydrogen-bond donors (Lipinski definition) is 0. The molecular weight excluding hydrogens is 424 g/mol. The number of aryl methyl sites for hydroxylation is 2. The Kier molecular flexibility index (Phi) is 7.95. The standard InChI is InChI=1S/C28H34N4O2/c1-7-21-12-9-14-23(18-21)29(3)27(33)31(5)25-16-11-17-26(20-25)32(6)28(34)30(4)24-15-10-13-22(8-2)19-24/h9-20H,7-8H2,1-6H3. The minimum atomic E-state index is -0.159. The first kappa shape index (κ1) is 24.8. The van der Waals surface area contributed by atoms with Gasteiger partial charge in [0.05, 0.1) is 0 Å². The Balaban J connectivity index is 1.78. The van der Waals surface area contributed by atoms with E-state index in [4.69, 9.17) is 0 Å². The minimum Gasteiger partial charge on any atom is -0.297 e. The zero-order valence-electron chi connectivity index (χ0n) is 20.9. The van der Waals surface area contributed by atoms with Crippen molar-refractivity contribution in [2.45, 2.75) is 26.7 Å². The number of amides is 4. The summed E-state index contributed by atoms with van der Waals surface area (Å²) in [4.78, 5) is 32.8. The molecule has 0 radical (unpaired) electrons. The highest BCUT2D eigenvalue weighted by atomic mass is 16.2. The van der Waals surface area contributed by atoms with Crippen molar-refractivity contribution in [3.63, 3.8) is 0 Å². The van der Waals surface area contributed by atoms with Gasteiger partial charge in [0.15, 0.2) is 0 Å². The molecule has 0 bridgehead atoms. The fraction of sp³-hybridized carbons (Fsp3) is 0.286. The molecule has 0 aliphatic rings. The Morgan fingerprint density at radius 2 is 0.824 bits per heavy atom. The molecular formula is C28H34N4O2. The van der Waals surface area contributed by atoms with Crippen LogP contribution in [0.1, 0.15) is 25.0 Å². The van der Waals surface area contributed by atoms with Crippen LogP contribution in [0.15, 0.2) is 72.8 Å². The molecule has 0 aliphatic carbocycles. The van der Waals surface area contributed by atoms with Gasteiger partial charge in [-0.3, -0.25) is 19.6 Å². The summed E-state index contributed by atoms with van der Waals surface area (Å²) in [6.07, 6.45) is 1.82. The van der Waals surface area contributed by atoms with E-state index in [1.54, 1.807) is 47.8 Å². The molecule has 0 unspecified atom stereocenters. The van der Waals surface area contributed by atoms with Crippen LogP contribution in [0.25, 0.3) is 0 Å². The SMILES string of the molecule is CCc1cccc(N(C)C(=O)N(C)c2cccc(N(C)C(=O)N(C)c3cccc(CC)c3)c2)c1. The van der Waals surface area contributed by atoms with Gasteiger partial charge in [-0.1, -0.05) is 44.2 Å². The van der Waals surface area contributed by atoms with Crippen LogP contribution in [0.3, 0.4) is 0 Å². The smallest absolute Gasteiger partial charge is 0.297 e. The molecule has 0 spiro atoms. The Morgan fingerprint density at radius 1 is 0.529 bits per heavy atom. The maximum absolute atomic E-state index is 13.2. The van der Waals surface area contributed by atoms with Gasteiger partial charge in [-0.2, -0.15) is 0 Å². The number of anilines is 4. The van der Waals surface area contributed by atoms with Crippen molar-refractivity contribution in [1.82, 2.24) is 0 Å². The van der Waals surface area contributed by atoms with Crippen LogP contribution in [0.2, 0.25) is 0 Å². The van der Waals surface area contributed by atoms with Crippen LogP contribution in [-0.4, -0.2) is 40.3 Å². The van der Waals surface area contributed by atoms with Gasteiger partial charge >= 0.3 is 12.1 Å². The van der Waals surface area contributed by atoms with Gasteiger partial charge in [0.1, 0.15) is 0 Å². The van der Waals surface area contributed by atoms with E-state index in [1.807, 2.05) is 60.7 Å². The number of rotatable bonds is 6. The molecule has 0 fully saturated rings. The molecule has 3 rings (SSSR count). The van der Waals surface area contributed by atoms with Crippen molar-refractivity contribution >= 4 is 34.8 Å². The summed E-state index contributed by atoms with van der Waals surface area (Å²) >= 11 is 0. The predicted molar refractivity (Wildman–Crippen MR) is 142 cm³/mol. The lowest BCUT2D eigenvalue weighted by Gasteiger charge is -2.28. The quantitative estimate of drug-likeness (QED) is 0.442. The second-order valence-electron chi connectivity index (χ2n) is 8.37. The lowest BCUT2D eigenvalue weighted by molar-refractivity contribution is 0.253. The van der Waals surface area contributed by atoms with Crippen molar-refractivity contribution in [3.05, 3.63) is 83.9 Å². The highest BCUT2D eigenvalue weighted by molar-refractivity contribution is 6.05. The first-order valence-electron chi connectivity index (χ1n) is 11.6. The molecule has 0 aliphatic heterocycles. The summed E-state index contributed by atoms with van der Waals surface area (Å²) in [7, 11) is 7.02. The van der Waals surface area contributed by atoms with E-state index in [0.29, 0.717) is 11.4 Å². The molecule has 3 aromatic rings. The molecule has 0 atom stereocenters. The number of carbonyl (C=O) groups excluding carboxylic acids is 2. The summed E-state index contributed by atoms with van der Waals surface area (Å²) in [5.74, 6) is 0. The molecule has 0 saturated carbocycles. The van der Waals surface area contributed by atoms with Gasteiger partial charge in [0, 0.05) is 50.9 Å². The highest BCUT2D eigenvalue weighted by Crippen LogP contribution is 2.25. The van der Waals surface area contributed by atoms with Gasteiger partial charge in [0.2, 0.25) is 0 Å². The maximum Gasteiger partial charge on any atom is 0.328 e. The largest absolute Gasteiger partial charge is 0.328 e. The van der Waals surface area contributed by atoms with Crippen molar-refractivity contribution < 1.29 is 9.59 Å². The van der Waals surface area contributed by atoms with E-state index >= 15 is 0 Å². The average Bonchev–Trinajstić information content (AvgIpc) is 2.90. The van der Waals surface area contributed by atoms with Crippen LogP contribution in [0.4, 0.5) is 32.3 Å². The van der Waals surface area contributed by atoms with Gasteiger partial charge in [-0.05, 0) is 66.4 Å². The minimum absolute atomic E-state index is 0.159. The van der Waals surface area contributed by atoms with E-state index in [2.05, 4.69) is 26.0 Å². The average molecular weight is 459 g/mol. The predicted octanol–water partition coefficient (Wildman–Crippen LogP) is 6.20. The van der Waals surface area contributed by atoms with Crippen molar-refractivity contribution in [2.24, 2.45) is 0 Å². The van der Waals surface area contributed by atoms with Gasteiger partial charge < -0.3 is 0 Å². The number of urea groups is 2. The fourth-order valence-electron chi connectivity index (χ4n) is 3.77. The molecule has 4 amide bonds. The van der Waals surface area contributed by atoms with Gasteiger partial charge in [-0.15, -0.1) is 0 Å². The Bertz CT molecular complexity index is 1070. The molecule has 34 heavy (non-hydrogen) atoms. The Morgan fingerprint density at radius 3 is 1.15 bits per heavy atom. The number of carbonyl (C=O) groups is 2. The molecule has 0 saturated heterocycles. The maximum atomic E-state index is 13.2. The number of benzene rings is 3. The lowest BCUT2D eigenvalue weighted by Crippen LogP contribution is -2.40. The van der Waals surface area contributed by atoms with E-state index < -0.39 is 0 Å². The third kappa shape index (κ3) is 5.39. The van der Waals surface area contributed by atoms with Gasteiger partial charge in [-0.25, -0.2) is 9.59 Å². The Labute approximate surface area is 203 Å². The normalized spacial score (nSPS) is 10.5. The Hall–Kier alpha value is -3.80. The van der Waals surface area contributed by atoms with E-state index in [9.17, 15) is 9.59 Å². The second kappa shape index (κ2) is 10.9. The molecule has 0 heterocycles. The van der Waals surface area contributed by atoms with Crippen LogP contribution >= 0.6 is 0 Å². The van der Waals surface area contributed by atoms with Crippen molar-refractivity contribution in [2.75, 3.05) is 47.8 Å². The molecule has 0 aromatic heterocycles. The van der Waals surface area contributed by atoms with E-state index in [1.165, 1.54) is 11.1 Å². The second-order valence-corrected chi connectivity index (χ2v) is 8.37. The molecule has 6 heteroatoms. The first-order chi connectivity index (χ1) is 16.3.